The molecule has 0 saturated heterocycles. The van der Waals surface area contributed by atoms with Gasteiger partial charge in [0.05, 0.1) is 23.8 Å². The second-order valence-corrected chi connectivity index (χ2v) is 6.83. The number of fused-ring (bicyclic) bond motifs is 1. The van der Waals surface area contributed by atoms with Crippen molar-refractivity contribution in [2.75, 3.05) is 5.32 Å². The Morgan fingerprint density at radius 1 is 1.07 bits per heavy atom. The van der Waals surface area contributed by atoms with Gasteiger partial charge in [-0.2, -0.15) is 5.10 Å². The van der Waals surface area contributed by atoms with Crippen LogP contribution in [-0.4, -0.2) is 24.8 Å². The van der Waals surface area contributed by atoms with Gasteiger partial charge in [-0.1, -0.05) is 42.0 Å². The monoisotopic (exact) mass is 375 g/mol. The highest BCUT2D eigenvalue weighted by Gasteiger charge is 2.14. The highest BCUT2D eigenvalue weighted by atomic mass is 16.2. The lowest BCUT2D eigenvalue weighted by molar-refractivity contribution is -0.116. The van der Waals surface area contributed by atoms with E-state index >= 15 is 0 Å². The molecule has 4 aromatic rings. The third-order valence-electron chi connectivity index (χ3n) is 4.75. The maximum atomic E-state index is 12.6. The van der Waals surface area contributed by atoms with Crippen LogP contribution in [0, 0.1) is 6.92 Å². The normalized spacial score (nSPS) is 11.1. The number of nitrogens with zero attached hydrogens (tertiary/aromatic N) is 4. The number of benzene rings is 2. The van der Waals surface area contributed by atoms with Crippen LogP contribution < -0.4 is 11.0 Å². The quantitative estimate of drug-likeness (QED) is 0.583. The van der Waals surface area contributed by atoms with Crippen LogP contribution in [0.15, 0.2) is 65.6 Å². The van der Waals surface area contributed by atoms with Gasteiger partial charge < -0.3 is 5.32 Å². The first-order valence-corrected chi connectivity index (χ1v) is 9.04. The van der Waals surface area contributed by atoms with E-state index in [9.17, 15) is 9.59 Å². The summed E-state index contributed by atoms with van der Waals surface area (Å²) in [5.74, 6) is 0.323. The number of aromatic nitrogens is 4. The lowest BCUT2D eigenvalue weighted by atomic mass is 10.1. The van der Waals surface area contributed by atoms with Crippen LogP contribution in [0.2, 0.25) is 0 Å². The standard InChI is InChI=1S/C21H21N5O2/c1-15-6-5-7-16(12-15)13-26-19(10-11-22-26)23-20(27)14-25-18-9-4-3-8-17(18)24(2)21(25)28/h3-12H,13-14H2,1-2H3,(H,23,27). The minimum atomic E-state index is -0.274. The predicted molar refractivity (Wildman–Crippen MR) is 108 cm³/mol. The largest absolute Gasteiger partial charge is 0.329 e. The number of para-hydroxylation sites is 2. The minimum absolute atomic E-state index is 0.0597. The molecule has 1 amide bonds. The van der Waals surface area contributed by atoms with Crippen molar-refractivity contribution >= 4 is 22.8 Å². The molecule has 1 N–H and O–H groups in total. The molecule has 0 aliphatic rings. The molecule has 0 aliphatic carbocycles. The van der Waals surface area contributed by atoms with Gasteiger partial charge in [0.15, 0.2) is 0 Å². The first kappa shape index (κ1) is 17.8. The van der Waals surface area contributed by atoms with E-state index in [2.05, 4.69) is 16.5 Å². The third kappa shape index (κ3) is 3.34. The van der Waals surface area contributed by atoms with Crippen molar-refractivity contribution in [2.45, 2.75) is 20.0 Å². The van der Waals surface area contributed by atoms with E-state index in [1.807, 2.05) is 49.4 Å². The van der Waals surface area contributed by atoms with Gasteiger partial charge in [-0.3, -0.25) is 13.9 Å². The Kier molecular flexibility index (Phi) is 4.57. The lowest BCUT2D eigenvalue weighted by Gasteiger charge is -2.10. The van der Waals surface area contributed by atoms with Crippen molar-refractivity contribution < 1.29 is 4.79 Å². The molecule has 0 aliphatic heterocycles. The van der Waals surface area contributed by atoms with Crippen LogP contribution in [-0.2, 0) is 24.9 Å². The Labute approximate surface area is 161 Å². The lowest BCUT2D eigenvalue weighted by Crippen LogP contribution is -2.29. The van der Waals surface area contributed by atoms with E-state index in [4.69, 9.17) is 0 Å². The maximum absolute atomic E-state index is 12.6. The van der Waals surface area contributed by atoms with Crippen LogP contribution in [0.5, 0.6) is 0 Å². The van der Waals surface area contributed by atoms with Crippen LogP contribution in [0.25, 0.3) is 11.0 Å². The highest BCUT2D eigenvalue weighted by molar-refractivity contribution is 5.90. The van der Waals surface area contributed by atoms with Crippen LogP contribution in [0.4, 0.5) is 5.82 Å². The number of hydrogen-bond donors (Lipinski definition) is 1. The Hall–Kier alpha value is -3.61. The van der Waals surface area contributed by atoms with Crippen LogP contribution in [0.1, 0.15) is 11.1 Å². The van der Waals surface area contributed by atoms with Crippen LogP contribution >= 0.6 is 0 Å². The van der Waals surface area contributed by atoms with E-state index in [0.29, 0.717) is 12.4 Å². The Balaban J connectivity index is 1.54. The number of amides is 1. The van der Waals surface area contributed by atoms with Gasteiger partial charge >= 0.3 is 5.69 Å². The van der Waals surface area contributed by atoms with Gasteiger partial charge in [0.2, 0.25) is 5.91 Å². The molecule has 2 aromatic heterocycles. The summed E-state index contributed by atoms with van der Waals surface area (Å²) in [5, 5.41) is 7.17. The number of imidazole rings is 1. The van der Waals surface area contributed by atoms with Gasteiger partial charge in [-0.05, 0) is 24.6 Å². The number of anilines is 1. The molecule has 2 aromatic carbocycles. The summed E-state index contributed by atoms with van der Waals surface area (Å²) < 4.78 is 4.76. The SMILES string of the molecule is Cc1cccc(Cn2nccc2NC(=O)Cn2c(=O)n(C)c3ccccc32)c1. The molecular weight excluding hydrogens is 354 g/mol. The summed E-state index contributed by atoms with van der Waals surface area (Å²) in [6, 6.07) is 17.3. The summed E-state index contributed by atoms with van der Waals surface area (Å²) in [5.41, 5.74) is 3.59. The average Bonchev–Trinajstić information content (AvgIpc) is 3.20. The van der Waals surface area contributed by atoms with E-state index < -0.39 is 0 Å². The van der Waals surface area contributed by atoms with Crippen molar-refractivity contribution in [3.05, 3.63) is 82.4 Å². The fourth-order valence-corrected chi connectivity index (χ4v) is 3.39. The van der Waals surface area contributed by atoms with Crippen molar-refractivity contribution in [3.63, 3.8) is 0 Å². The minimum Gasteiger partial charge on any atom is -0.309 e. The fraction of sp³-hybridized carbons (Fsp3) is 0.190. The van der Waals surface area contributed by atoms with Gasteiger partial charge in [0.1, 0.15) is 12.4 Å². The summed E-state index contributed by atoms with van der Waals surface area (Å²) in [6.07, 6.45) is 1.65. The molecular formula is C21H21N5O2. The fourth-order valence-electron chi connectivity index (χ4n) is 3.39. The molecule has 7 heteroatoms. The van der Waals surface area contributed by atoms with Gasteiger partial charge in [-0.15, -0.1) is 0 Å². The number of nitrogens with one attached hydrogen (secondary N) is 1. The number of rotatable bonds is 5. The van der Waals surface area contributed by atoms with Crippen molar-refractivity contribution in [1.82, 2.24) is 18.9 Å². The molecule has 28 heavy (non-hydrogen) atoms. The zero-order valence-corrected chi connectivity index (χ0v) is 15.8. The van der Waals surface area contributed by atoms with Crippen LogP contribution in [0.3, 0.4) is 0 Å². The number of aryl methyl sites for hydroxylation is 2. The molecule has 0 spiro atoms. The van der Waals surface area contributed by atoms with Crippen molar-refractivity contribution in [2.24, 2.45) is 7.05 Å². The number of carbonyl (C=O) groups is 1. The van der Waals surface area contributed by atoms with E-state index in [-0.39, 0.29) is 18.1 Å². The number of carbonyl (C=O) groups excluding carboxylic acids is 1. The molecule has 0 radical (unpaired) electrons. The summed E-state index contributed by atoms with van der Waals surface area (Å²) in [6.45, 7) is 2.53. The van der Waals surface area contributed by atoms with E-state index in [0.717, 1.165) is 16.6 Å². The molecule has 0 unspecified atom stereocenters. The van der Waals surface area contributed by atoms with Crippen molar-refractivity contribution in [1.29, 1.82) is 0 Å². The van der Waals surface area contributed by atoms with E-state index in [1.54, 1.807) is 28.6 Å². The Morgan fingerprint density at radius 2 is 1.86 bits per heavy atom. The third-order valence-corrected chi connectivity index (χ3v) is 4.75. The second kappa shape index (κ2) is 7.19. The average molecular weight is 375 g/mol. The first-order chi connectivity index (χ1) is 13.5. The number of hydrogen-bond acceptors (Lipinski definition) is 3. The summed E-state index contributed by atoms with van der Waals surface area (Å²) >= 11 is 0. The van der Waals surface area contributed by atoms with Gasteiger partial charge in [0, 0.05) is 13.1 Å². The van der Waals surface area contributed by atoms with Gasteiger partial charge in [0.25, 0.3) is 0 Å². The highest BCUT2D eigenvalue weighted by Crippen LogP contribution is 2.14. The molecule has 4 rings (SSSR count). The van der Waals surface area contributed by atoms with E-state index in [1.165, 1.54) is 10.1 Å². The zero-order chi connectivity index (χ0) is 19.7. The Morgan fingerprint density at radius 3 is 2.64 bits per heavy atom. The first-order valence-electron chi connectivity index (χ1n) is 9.04. The smallest absolute Gasteiger partial charge is 0.309 e. The summed E-state index contributed by atoms with van der Waals surface area (Å²) in [7, 11) is 1.70. The molecule has 0 saturated carbocycles. The van der Waals surface area contributed by atoms with Crippen molar-refractivity contribution in [3.8, 4) is 0 Å². The predicted octanol–water partition coefficient (Wildman–Crippen LogP) is 2.53. The Bertz CT molecular complexity index is 1210. The maximum Gasteiger partial charge on any atom is 0.329 e. The second-order valence-electron chi connectivity index (χ2n) is 6.83. The molecule has 0 fully saturated rings. The molecule has 142 valence electrons. The molecule has 2 heterocycles. The molecule has 0 atom stereocenters. The molecule has 0 bridgehead atoms. The van der Waals surface area contributed by atoms with Gasteiger partial charge in [-0.25, -0.2) is 9.48 Å². The summed E-state index contributed by atoms with van der Waals surface area (Å²) in [4.78, 5) is 25.1. The zero-order valence-electron chi connectivity index (χ0n) is 15.8. The molecule has 7 nitrogen and oxygen atoms in total. The topological polar surface area (TPSA) is 73.8 Å².